The summed E-state index contributed by atoms with van der Waals surface area (Å²) in [6.07, 6.45) is 2.84. The molecule has 0 aromatic heterocycles. The Labute approximate surface area is 112 Å². The van der Waals surface area contributed by atoms with E-state index in [0.717, 1.165) is 12.2 Å². The molecule has 0 bridgehead atoms. The highest BCUT2D eigenvalue weighted by molar-refractivity contribution is 8.00. The average molecular weight is 256 g/mol. The molecule has 0 aliphatic carbocycles. The van der Waals surface area contributed by atoms with Crippen LogP contribution in [-0.2, 0) is 11.2 Å². The van der Waals surface area contributed by atoms with Gasteiger partial charge in [-0.1, -0.05) is 42.5 Å². The molecule has 0 amide bonds. The third-order valence-electron chi connectivity index (χ3n) is 3.53. The van der Waals surface area contributed by atoms with Gasteiger partial charge < -0.3 is 0 Å². The zero-order valence-corrected chi connectivity index (χ0v) is 11.1. The Morgan fingerprint density at radius 3 is 2.83 bits per heavy atom. The number of rotatable bonds is 3. The van der Waals surface area contributed by atoms with Gasteiger partial charge in [0, 0.05) is 6.42 Å². The summed E-state index contributed by atoms with van der Waals surface area (Å²) in [6.45, 7) is 0. The topological polar surface area (TPSA) is 17.1 Å². The molecule has 0 N–H and O–H groups in total. The van der Waals surface area contributed by atoms with Crippen LogP contribution in [0.4, 0.5) is 0 Å². The Kier molecular flexibility index (Phi) is 3.37. The van der Waals surface area contributed by atoms with Crippen LogP contribution in [0, 0.1) is 0 Å². The Balaban J connectivity index is 1.88. The van der Waals surface area contributed by atoms with Gasteiger partial charge in [-0.05, 0) is 34.9 Å². The molecule has 92 valence electrons. The molecular weight excluding hydrogens is 240 g/mol. The van der Waals surface area contributed by atoms with Crippen molar-refractivity contribution in [2.75, 3.05) is 5.75 Å². The number of thioether (sulfide) groups is 1. The molecule has 0 spiro atoms. The zero-order valence-electron chi connectivity index (χ0n) is 10.3. The maximum atomic E-state index is 12.2. The van der Waals surface area contributed by atoms with E-state index in [4.69, 9.17) is 0 Å². The third kappa shape index (κ3) is 2.30. The van der Waals surface area contributed by atoms with Gasteiger partial charge in [0.15, 0.2) is 0 Å². The lowest BCUT2D eigenvalue weighted by Crippen LogP contribution is -2.16. The predicted molar refractivity (Wildman–Crippen MR) is 78.1 cm³/mol. The summed E-state index contributed by atoms with van der Waals surface area (Å²) in [7, 11) is 0. The first kappa shape index (κ1) is 11.8. The van der Waals surface area contributed by atoms with Gasteiger partial charge >= 0.3 is 0 Å². The van der Waals surface area contributed by atoms with E-state index in [9.17, 15) is 4.79 Å². The van der Waals surface area contributed by atoms with E-state index < -0.39 is 0 Å². The molecular formula is C16H16OS. The molecule has 1 nitrogen and oxygen atoms in total. The predicted octanol–water partition coefficient (Wildman–Crippen LogP) is 3.85. The quantitative estimate of drug-likeness (QED) is 0.829. The van der Waals surface area contributed by atoms with Crippen molar-refractivity contribution in [3.8, 4) is 0 Å². The molecule has 2 heteroatoms. The van der Waals surface area contributed by atoms with E-state index >= 15 is 0 Å². The van der Waals surface area contributed by atoms with Gasteiger partial charge in [-0.15, -0.1) is 0 Å². The first-order valence-corrected chi connectivity index (χ1v) is 7.50. The lowest BCUT2D eigenvalue weighted by atomic mass is 9.99. The van der Waals surface area contributed by atoms with Crippen molar-refractivity contribution in [3.63, 3.8) is 0 Å². The molecule has 1 atom stereocenters. The largest absolute Gasteiger partial charge is 0.298 e. The van der Waals surface area contributed by atoms with Crippen LogP contribution in [0.1, 0.15) is 18.4 Å². The van der Waals surface area contributed by atoms with Crippen LogP contribution >= 0.6 is 11.8 Å². The van der Waals surface area contributed by atoms with Crippen LogP contribution in [0.5, 0.6) is 0 Å². The highest BCUT2D eigenvalue weighted by Crippen LogP contribution is 2.28. The molecule has 2 aromatic carbocycles. The monoisotopic (exact) mass is 256 g/mol. The SMILES string of the molecule is O=C(Cc1cccc2ccccc12)C1CCCS1. The number of ketones is 1. The van der Waals surface area contributed by atoms with Gasteiger partial charge in [-0.2, -0.15) is 11.8 Å². The van der Waals surface area contributed by atoms with E-state index in [2.05, 4.69) is 24.3 Å². The molecule has 0 radical (unpaired) electrons. The van der Waals surface area contributed by atoms with Crippen LogP contribution in [-0.4, -0.2) is 16.8 Å². The summed E-state index contributed by atoms with van der Waals surface area (Å²) in [6, 6.07) is 14.5. The lowest BCUT2D eigenvalue weighted by Gasteiger charge is -2.09. The van der Waals surface area contributed by atoms with Crippen molar-refractivity contribution in [3.05, 3.63) is 48.0 Å². The zero-order chi connectivity index (χ0) is 12.4. The van der Waals surface area contributed by atoms with E-state index in [0.29, 0.717) is 12.2 Å². The molecule has 1 aliphatic heterocycles. The highest BCUT2D eigenvalue weighted by atomic mass is 32.2. The van der Waals surface area contributed by atoms with Crippen LogP contribution in [0.2, 0.25) is 0 Å². The summed E-state index contributed by atoms with van der Waals surface area (Å²) in [5.41, 5.74) is 1.17. The molecule has 1 saturated heterocycles. The Bertz CT molecular complexity index is 565. The molecule has 2 aromatic rings. The maximum Gasteiger partial charge on any atom is 0.150 e. The van der Waals surface area contributed by atoms with Crippen molar-refractivity contribution in [1.82, 2.24) is 0 Å². The van der Waals surface area contributed by atoms with E-state index in [1.807, 2.05) is 30.0 Å². The second-order valence-electron chi connectivity index (χ2n) is 4.78. The van der Waals surface area contributed by atoms with Crippen molar-refractivity contribution < 1.29 is 4.79 Å². The lowest BCUT2D eigenvalue weighted by molar-refractivity contribution is -0.117. The van der Waals surface area contributed by atoms with Gasteiger partial charge in [0.1, 0.15) is 5.78 Å². The number of carbonyl (C=O) groups is 1. The Morgan fingerprint density at radius 2 is 2.00 bits per heavy atom. The summed E-state index contributed by atoms with van der Waals surface area (Å²) < 4.78 is 0. The highest BCUT2D eigenvalue weighted by Gasteiger charge is 2.23. The summed E-state index contributed by atoms with van der Waals surface area (Å²) in [5, 5.41) is 2.68. The smallest absolute Gasteiger partial charge is 0.150 e. The summed E-state index contributed by atoms with van der Waals surface area (Å²) in [5.74, 6) is 1.54. The summed E-state index contributed by atoms with van der Waals surface area (Å²) >= 11 is 1.83. The fraction of sp³-hybridized carbons (Fsp3) is 0.312. The number of hydrogen-bond donors (Lipinski definition) is 0. The molecule has 1 heterocycles. The Hall–Kier alpha value is -1.28. The van der Waals surface area contributed by atoms with Crippen LogP contribution < -0.4 is 0 Å². The summed E-state index contributed by atoms with van der Waals surface area (Å²) in [4.78, 5) is 12.2. The minimum absolute atomic E-state index is 0.240. The second-order valence-corrected chi connectivity index (χ2v) is 6.09. The van der Waals surface area contributed by atoms with Crippen molar-refractivity contribution in [2.45, 2.75) is 24.5 Å². The van der Waals surface area contributed by atoms with Gasteiger partial charge in [0.2, 0.25) is 0 Å². The van der Waals surface area contributed by atoms with Crippen LogP contribution in [0.25, 0.3) is 10.8 Å². The maximum absolute atomic E-state index is 12.2. The minimum Gasteiger partial charge on any atom is -0.298 e. The fourth-order valence-electron chi connectivity index (χ4n) is 2.58. The fourth-order valence-corrected chi connectivity index (χ4v) is 3.80. The minimum atomic E-state index is 0.240. The van der Waals surface area contributed by atoms with Crippen LogP contribution in [0.3, 0.4) is 0 Å². The van der Waals surface area contributed by atoms with Crippen LogP contribution in [0.15, 0.2) is 42.5 Å². The average Bonchev–Trinajstić information content (AvgIpc) is 2.93. The van der Waals surface area contributed by atoms with Crippen molar-refractivity contribution >= 4 is 28.3 Å². The molecule has 18 heavy (non-hydrogen) atoms. The van der Waals surface area contributed by atoms with Gasteiger partial charge in [0.05, 0.1) is 5.25 Å². The normalized spacial score (nSPS) is 19.2. The molecule has 1 unspecified atom stereocenters. The second kappa shape index (κ2) is 5.15. The third-order valence-corrected chi connectivity index (χ3v) is 4.96. The molecule has 0 saturated carbocycles. The van der Waals surface area contributed by atoms with Crippen molar-refractivity contribution in [1.29, 1.82) is 0 Å². The number of Topliss-reactive ketones (excluding diaryl/α,β-unsaturated/α-hetero) is 1. The number of hydrogen-bond acceptors (Lipinski definition) is 2. The number of carbonyl (C=O) groups excluding carboxylic acids is 1. The van der Waals surface area contributed by atoms with E-state index in [-0.39, 0.29) is 5.25 Å². The van der Waals surface area contributed by atoms with Gasteiger partial charge in [-0.25, -0.2) is 0 Å². The molecule has 1 fully saturated rings. The van der Waals surface area contributed by atoms with Gasteiger partial charge in [-0.3, -0.25) is 4.79 Å². The first-order chi connectivity index (χ1) is 8.84. The number of benzene rings is 2. The first-order valence-electron chi connectivity index (χ1n) is 6.45. The van der Waals surface area contributed by atoms with E-state index in [1.165, 1.54) is 22.8 Å². The molecule has 1 aliphatic rings. The standard InChI is InChI=1S/C16H16OS/c17-15(16-9-4-10-18-16)11-13-7-3-6-12-5-1-2-8-14(12)13/h1-3,5-8,16H,4,9-11H2. The van der Waals surface area contributed by atoms with Crippen molar-refractivity contribution in [2.24, 2.45) is 0 Å². The Morgan fingerprint density at radius 1 is 1.17 bits per heavy atom. The van der Waals surface area contributed by atoms with Gasteiger partial charge in [0.25, 0.3) is 0 Å². The van der Waals surface area contributed by atoms with E-state index in [1.54, 1.807) is 0 Å². The number of fused-ring (bicyclic) bond motifs is 1. The molecule has 3 rings (SSSR count).